The van der Waals surface area contributed by atoms with Crippen molar-refractivity contribution in [1.82, 2.24) is 20.3 Å². The Bertz CT molecular complexity index is 1300. The summed E-state index contributed by atoms with van der Waals surface area (Å²) in [5, 5.41) is 8.63. The van der Waals surface area contributed by atoms with Crippen LogP contribution in [0, 0.1) is 0 Å². The Morgan fingerprint density at radius 3 is 2.58 bits per heavy atom. The fourth-order valence-corrected chi connectivity index (χ4v) is 4.10. The van der Waals surface area contributed by atoms with E-state index in [1.54, 1.807) is 0 Å². The lowest BCUT2D eigenvalue weighted by Crippen LogP contribution is -2.43. The van der Waals surface area contributed by atoms with E-state index in [-0.39, 0.29) is 34.1 Å². The normalized spacial score (nSPS) is 18.3. The number of fused-ring (bicyclic) bond motifs is 1. The number of hydrogen-bond donors (Lipinski definition) is 4. The molecule has 2 atom stereocenters. The van der Waals surface area contributed by atoms with E-state index in [2.05, 4.69) is 35.6 Å². The van der Waals surface area contributed by atoms with Crippen LogP contribution in [0.15, 0.2) is 24.5 Å². The number of ether oxygens (including phenoxy) is 2. The largest absolute Gasteiger partial charge is 0.480 e. The first-order chi connectivity index (χ1) is 17.9. The molecule has 1 aliphatic rings. The van der Waals surface area contributed by atoms with Crippen LogP contribution in [0.5, 0.6) is 5.75 Å². The van der Waals surface area contributed by atoms with Crippen LogP contribution in [0.1, 0.15) is 25.3 Å². The highest BCUT2D eigenvalue weighted by Gasteiger charge is 2.37. The molecule has 15 heteroatoms. The second kappa shape index (κ2) is 10.6. The van der Waals surface area contributed by atoms with Crippen molar-refractivity contribution < 1.29 is 40.6 Å². The number of alkyl halides is 6. The molecule has 2 aromatic heterocycles. The first-order valence-electron chi connectivity index (χ1n) is 11.5. The van der Waals surface area contributed by atoms with Crippen LogP contribution in [0.2, 0.25) is 0 Å². The Hall–Kier alpha value is -3.75. The third-order valence-corrected chi connectivity index (χ3v) is 5.95. The maximum Gasteiger partial charge on any atom is 0.422 e. The number of methoxy groups -OCH3 is 1. The number of amides is 1. The fraction of sp³-hybridized carbons (Fsp3) is 0.435. The first-order valence-corrected chi connectivity index (χ1v) is 11.5. The summed E-state index contributed by atoms with van der Waals surface area (Å²) in [5.74, 6) is -0.457. The number of carbonyl (C=O) groups is 1. The fourth-order valence-electron chi connectivity index (χ4n) is 4.10. The number of piperidine rings is 1. The smallest absolute Gasteiger partial charge is 0.422 e. The highest BCUT2D eigenvalue weighted by molar-refractivity contribution is 6.03. The molecule has 0 saturated carbocycles. The van der Waals surface area contributed by atoms with Crippen molar-refractivity contribution in [2.24, 2.45) is 0 Å². The third-order valence-electron chi connectivity index (χ3n) is 5.95. The molecule has 1 amide bonds. The second-order valence-corrected chi connectivity index (χ2v) is 8.77. The summed E-state index contributed by atoms with van der Waals surface area (Å²) in [4.78, 5) is 22.4. The van der Waals surface area contributed by atoms with Crippen molar-refractivity contribution in [2.45, 2.75) is 44.2 Å². The molecular weight excluding hydrogens is 522 g/mol. The van der Waals surface area contributed by atoms with E-state index >= 15 is 0 Å². The molecule has 0 aliphatic carbocycles. The van der Waals surface area contributed by atoms with Crippen LogP contribution in [-0.4, -0.2) is 59.6 Å². The quantitative estimate of drug-likeness (QED) is 0.310. The van der Waals surface area contributed by atoms with E-state index < -0.39 is 42.1 Å². The van der Waals surface area contributed by atoms with Crippen LogP contribution in [0.4, 0.5) is 42.8 Å². The second-order valence-electron chi connectivity index (χ2n) is 8.77. The average molecular weight is 546 g/mol. The molecular formula is C23H24F6N6O3. The first kappa shape index (κ1) is 27.3. The minimum Gasteiger partial charge on any atom is -0.480 e. The predicted molar refractivity (Wildman–Crippen MR) is 126 cm³/mol. The molecule has 4 rings (SSSR count). The molecule has 0 bridgehead atoms. The van der Waals surface area contributed by atoms with Gasteiger partial charge >= 0.3 is 18.4 Å². The Morgan fingerprint density at radius 1 is 1.18 bits per heavy atom. The van der Waals surface area contributed by atoms with Crippen molar-refractivity contribution in [3.05, 3.63) is 30.1 Å². The summed E-state index contributed by atoms with van der Waals surface area (Å²) >= 11 is 0. The van der Waals surface area contributed by atoms with Gasteiger partial charge in [-0.1, -0.05) is 0 Å². The molecule has 0 unspecified atom stereocenters. The summed E-state index contributed by atoms with van der Waals surface area (Å²) in [7, 11) is 1.06. The van der Waals surface area contributed by atoms with Gasteiger partial charge in [0.15, 0.2) is 12.4 Å². The molecule has 206 valence electrons. The van der Waals surface area contributed by atoms with Crippen LogP contribution in [0.25, 0.3) is 22.2 Å². The third kappa shape index (κ3) is 6.20. The van der Waals surface area contributed by atoms with Crippen LogP contribution in [-0.2, 0) is 10.9 Å². The molecule has 3 aromatic rings. The molecule has 1 aromatic carbocycles. The Labute approximate surface area is 212 Å². The molecule has 1 saturated heterocycles. The SMILES string of the molecule is COC(=O)Nc1ccc2c(-c3nc(N[C@H]4CC[C@@H](C)NC4)ncc3C(F)(F)F)c[nH]c2c1OCC(F)(F)F. The summed E-state index contributed by atoms with van der Waals surface area (Å²) < 4.78 is 89.9. The number of rotatable bonds is 6. The van der Waals surface area contributed by atoms with E-state index in [9.17, 15) is 31.1 Å². The summed E-state index contributed by atoms with van der Waals surface area (Å²) in [6, 6.07) is 2.74. The average Bonchev–Trinajstić information content (AvgIpc) is 3.27. The standard InChI is InChI=1S/C23H24F6N6O3/c1-11-3-4-12(7-30-11)33-20-32-9-15(23(27,28)29)17(35-20)14-8-31-18-13(14)5-6-16(34-21(36)37-2)19(18)38-10-22(24,25)26/h5-6,8-9,11-12,30-31H,3-4,7,10H2,1-2H3,(H,34,36)(H,32,33,35)/t11-,12+/m1/s1. The van der Waals surface area contributed by atoms with Gasteiger partial charge in [0.05, 0.1) is 24.0 Å². The highest BCUT2D eigenvalue weighted by atomic mass is 19.4. The number of benzene rings is 1. The lowest BCUT2D eigenvalue weighted by Gasteiger charge is -2.28. The summed E-state index contributed by atoms with van der Waals surface area (Å²) in [6.45, 7) is 0.891. The van der Waals surface area contributed by atoms with Gasteiger partial charge in [0.25, 0.3) is 0 Å². The molecule has 3 heterocycles. The lowest BCUT2D eigenvalue weighted by molar-refractivity contribution is -0.153. The number of carbonyl (C=O) groups excluding carboxylic acids is 1. The van der Waals surface area contributed by atoms with E-state index in [0.717, 1.165) is 20.0 Å². The van der Waals surface area contributed by atoms with Crippen molar-refractivity contribution in [3.8, 4) is 17.0 Å². The molecule has 1 fully saturated rings. The number of aromatic amines is 1. The van der Waals surface area contributed by atoms with Gasteiger partial charge in [-0.15, -0.1) is 0 Å². The van der Waals surface area contributed by atoms with E-state index in [0.29, 0.717) is 18.8 Å². The maximum atomic E-state index is 13.9. The van der Waals surface area contributed by atoms with Crippen molar-refractivity contribution >= 4 is 28.6 Å². The van der Waals surface area contributed by atoms with Gasteiger partial charge in [-0.3, -0.25) is 5.32 Å². The zero-order chi connectivity index (χ0) is 27.7. The predicted octanol–water partition coefficient (Wildman–Crippen LogP) is 5.32. The van der Waals surface area contributed by atoms with Crippen LogP contribution < -0.4 is 20.7 Å². The number of H-pyrrole nitrogens is 1. The number of halogens is 6. The van der Waals surface area contributed by atoms with Crippen molar-refractivity contribution in [2.75, 3.05) is 30.9 Å². The Morgan fingerprint density at radius 2 is 1.95 bits per heavy atom. The number of aromatic nitrogens is 3. The van der Waals surface area contributed by atoms with Gasteiger partial charge in [0, 0.05) is 42.0 Å². The van der Waals surface area contributed by atoms with Crippen LogP contribution in [0.3, 0.4) is 0 Å². The lowest BCUT2D eigenvalue weighted by atomic mass is 10.0. The van der Waals surface area contributed by atoms with E-state index in [1.807, 2.05) is 6.92 Å². The van der Waals surface area contributed by atoms with E-state index in [1.165, 1.54) is 18.3 Å². The number of nitrogens with one attached hydrogen (secondary N) is 4. The molecule has 1 aliphatic heterocycles. The number of nitrogens with zero attached hydrogens (tertiary/aromatic N) is 2. The zero-order valence-electron chi connectivity index (χ0n) is 20.2. The van der Waals surface area contributed by atoms with Gasteiger partial charge in [0.1, 0.15) is 5.56 Å². The summed E-state index contributed by atoms with van der Waals surface area (Å²) in [6.07, 6.45) is -7.06. The molecule has 0 spiro atoms. The van der Waals surface area contributed by atoms with Crippen molar-refractivity contribution in [3.63, 3.8) is 0 Å². The van der Waals surface area contributed by atoms with Gasteiger partial charge in [-0.05, 0) is 31.9 Å². The minimum atomic E-state index is -4.82. The molecule has 38 heavy (non-hydrogen) atoms. The number of hydrogen-bond acceptors (Lipinski definition) is 7. The van der Waals surface area contributed by atoms with Crippen LogP contribution >= 0.6 is 0 Å². The Kier molecular flexibility index (Phi) is 7.58. The molecule has 4 N–H and O–H groups in total. The highest BCUT2D eigenvalue weighted by Crippen LogP contribution is 2.42. The molecule has 9 nitrogen and oxygen atoms in total. The van der Waals surface area contributed by atoms with Gasteiger partial charge < -0.3 is 25.1 Å². The van der Waals surface area contributed by atoms with Gasteiger partial charge in [0.2, 0.25) is 5.95 Å². The Balaban J connectivity index is 1.79. The summed E-state index contributed by atoms with van der Waals surface area (Å²) in [5.41, 5.74) is -1.91. The monoisotopic (exact) mass is 546 g/mol. The molecule has 0 radical (unpaired) electrons. The van der Waals surface area contributed by atoms with Gasteiger partial charge in [-0.25, -0.2) is 14.8 Å². The van der Waals surface area contributed by atoms with E-state index in [4.69, 9.17) is 4.74 Å². The van der Waals surface area contributed by atoms with Crippen molar-refractivity contribution in [1.29, 1.82) is 0 Å². The zero-order valence-corrected chi connectivity index (χ0v) is 20.2. The maximum absolute atomic E-state index is 13.9. The topological polar surface area (TPSA) is 113 Å². The minimum absolute atomic E-state index is 0.0266. The van der Waals surface area contributed by atoms with Gasteiger partial charge in [-0.2, -0.15) is 26.3 Å². The number of anilines is 2.